The van der Waals surface area contributed by atoms with Gasteiger partial charge in [-0.2, -0.15) is 13.2 Å². The molecule has 2 atom stereocenters. The van der Waals surface area contributed by atoms with Gasteiger partial charge >= 0.3 is 6.18 Å². The predicted molar refractivity (Wildman–Crippen MR) is 55.4 cm³/mol. The van der Waals surface area contributed by atoms with E-state index in [0.717, 1.165) is 13.0 Å². The Balaban J connectivity index is 2.34. The Morgan fingerprint density at radius 3 is 2.56 bits per heavy atom. The Morgan fingerprint density at radius 2 is 2.12 bits per heavy atom. The number of hydrogen-bond acceptors (Lipinski definition) is 3. The van der Waals surface area contributed by atoms with Gasteiger partial charge in [0.05, 0.1) is 12.6 Å². The van der Waals surface area contributed by atoms with Gasteiger partial charge in [-0.1, -0.05) is 6.92 Å². The van der Waals surface area contributed by atoms with Crippen LogP contribution in [0.4, 0.5) is 13.2 Å². The second-order valence-corrected chi connectivity index (χ2v) is 4.14. The summed E-state index contributed by atoms with van der Waals surface area (Å²) in [5.74, 6) is 0. The quantitative estimate of drug-likeness (QED) is 0.782. The Hall–Kier alpha value is -0.330. The van der Waals surface area contributed by atoms with Gasteiger partial charge in [0.2, 0.25) is 0 Å². The first-order chi connectivity index (χ1) is 7.44. The lowest BCUT2D eigenvalue weighted by Crippen LogP contribution is -2.42. The third-order valence-corrected chi connectivity index (χ3v) is 2.84. The highest BCUT2D eigenvalue weighted by molar-refractivity contribution is 4.84. The van der Waals surface area contributed by atoms with Crippen LogP contribution in [0.1, 0.15) is 13.3 Å². The second kappa shape index (κ2) is 5.84. The maximum Gasteiger partial charge on any atom is 0.401 e. The molecule has 6 heteroatoms. The normalized spacial score (nSPS) is 26.6. The van der Waals surface area contributed by atoms with Gasteiger partial charge in [0.1, 0.15) is 0 Å². The molecule has 0 radical (unpaired) electrons. The van der Waals surface area contributed by atoms with Gasteiger partial charge in [0.25, 0.3) is 0 Å². The van der Waals surface area contributed by atoms with Gasteiger partial charge in [-0.3, -0.25) is 4.90 Å². The summed E-state index contributed by atoms with van der Waals surface area (Å²) in [6.07, 6.45) is -3.20. The molecule has 1 saturated heterocycles. The first-order valence-electron chi connectivity index (χ1n) is 5.50. The average Bonchev–Trinajstić information content (AvgIpc) is 2.62. The monoisotopic (exact) mass is 240 g/mol. The summed E-state index contributed by atoms with van der Waals surface area (Å²) in [4.78, 5) is 1.41. The summed E-state index contributed by atoms with van der Waals surface area (Å²) in [5, 5.41) is 3.17. The molecule has 1 aliphatic rings. The van der Waals surface area contributed by atoms with Crippen LogP contribution in [0.3, 0.4) is 0 Å². The Morgan fingerprint density at radius 1 is 1.44 bits per heavy atom. The van der Waals surface area contributed by atoms with Crippen LogP contribution in [0.15, 0.2) is 0 Å². The number of nitrogens with one attached hydrogen (secondary N) is 1. The van der Waals surface area contributed by atoms with Crippen molar-refractivity contribution in [3.05, 3.63) is 0 Å². The van der Waals surface area contributed by atoms with Crippen molar-refractivity contribution in [1.29, 1.82) is 0 Å². The predicted octanol–water partition coefficient (Wildman–Crippen LogP) is 1.25. The van der Waals surface area contributed by atoms with Crippen molar-refractivity contribution in [2.45, 2.75) is 31.7 Å². The molecule has 1 fully saturated rings. The fourth-order valence-corrected chi connectivity index (χ4v) is 1.97. The molecule has 0 aromatic carbocycles. The van der Waals surface area contributed by atoms with Crippen LogP contribution < -0.4 is 5.32 Å². The van der Waals surface area contributed by atoms with E-state index in [-0.39, 0.29) is 12.1 Å². The fourth-order valence-electron chi connectivity index (χ4n) is 1.97. The number of methoxy groups -OCH3 is 1. The minimum Gasteiger partial charge on any atom is -0.380 e. The highest BCUT2D eigenvalue weighted by Crippen LogP contribution is 2.18. The minimum absolute atomic E-state index is 0.104. The maximum absolute atomic E-state index is 12.2. The number of hydrogen-bond donors (Lipinski definition) is 1. The largest absolute Gasteiger partial charge is 0.401 e. The van der Waals surface area contributed by atoms with Crippen LogP contribution in [-0.4, -0.2) is 56.5 Å². The topological polar surface area (TPSA) is 24.5 Å². The number of likely N-dealkylation sites (N-methyl/N-ethyl adjacent to an activating group) is 1. The molecule has 1 aliphatic heterocycles. The van der Waals surface area contributed by atoms with Gasteiger partial charge < -0.3 is 10.1 Å². The number of nitrogens with zero attached hydrogens (tertiary/aromatic N) is 1. The van der Waals surface area contributed by atoms with E-state index in [4.69, 9.17) is 4.74 Å². The molecule has 0 amide bonds. The highest BCUT2D eigenvalue weighted by atomic mass is 19.4. The van der Waals surface area contributed by atoms with Crippen molar-refractivity contribution in [3.63, 3.8) is 0 Å². The van der Waals surface area contributed by atoms with Crippen LogP contribution in [-0.2, 0) is 4.74 Å². The average molecular weight is 240 g/mol. The van der Waals surface area contributed by atoms with Crippen LogP contribution in [0.5, 0.6) is 0 Å². The summed E-state index contributed by atoms with van der Waals surface area (Å²) in [7, 11) is 1.63. The van der Waals surface area contributed by atoms with Gasteiger partial charge in [-0.05, 0) is 13.0 Å². The summed E-state index contributed by atoms with van der Waals surface area (Å²) in [5.41, 5.74) is 0. The van der Waals surface area contributed by atoms with Crippen LogP contribution in [0.25, 0.3) is 0 Å². The van der Waals surface area contributed by atoms with Crippen molar-refractivity contribution < 1.29 is 17.9 Å². The molecule has 0 bridgehead atoms. The Bertz CT molecular complexity index is 211. The molecule has 1 rings (SSSR count). The third kappa shape index (κ3) is 4.67. The standard InChI is InChI=1S/C10H19F3N2O/c1-3-15(7-10(11,12)13)6-8-4-9(16-2)5-14-8/h8-9,14H,3-7H2,1-2H3. The lowest BCUT2D eigenvalue weighted by Gasteiger charge is -2.25. The van der Waals surface area contributed by atoms with Crippen LogP contribution in [0.2, 0.25) is 0 Å². The molecule has 96 valence electrons. The Labute approximate surface area is 93.9 Å². The molecule has 0 aromatic rings. The summed E-state index contributed by atoms with van der Waals surface area (Å²) in [6, 6.07) is 0.104. The maximum atomic E-state index is 12.2. The molecule has 0 spiro atoms. The minimum atomic E-state index is -4.12. The molecule has 0 aliphatic carbocycles. The van der Waals surface area contributed by atoms with E-state index in [1.807, 2.05) is 0 Å². The summed E-state index contributed by atoms with van der Waals surface area (Å²) >= 11 is 0. The van der Waals surface area contributed by atoms with Crippen LogP contribution >= 0.6 is 0 Å². The van der Waals surface area contributed by atoms with Crippen molar-refractivity contribution in [2.24, 2.45) is 0 Å². The van der Waals surface area contributed by atoms with Crippen molar-refractivity contribution in [2.75, 3.05) is 33.3 Å². The molecular weight excluding hydrogens is 221 g/mol. The molecule has 0 saturated carbocycles. The summed E-state index contributed by atoms with van der Waals surface area (Å²) < 4.78 is 41.8. The highest BCUT2D eigenvalue weighted by Gasteiger charge is 2.32. The molecule has 1 N–H and O–H groups in total. The van der Waals surface area contributed by atoms with E-state index in [2.05, 4.69) is 5.32 Å². The molecule has 0 aromatic heterocycles. The van der Waals surface area contributed by atoms with Gasteiger partial charge in [0.15, 0.2) is 0 Å². The number of rotatable bonds is 5. The van der Waals surface area contributed by atoms with E-state index in [9.17, 15) is 13.2 Å². The smallest absolute Gasteiger partial charge is 0.380 e. The first-order valence-corrected chi connectivity index (χ1v) is 5.50. The molecule has 1 heterocycles. The van der Waals surface area contributed by atoms with E-state index in [1.165, 1.54) is 4.90 Å². The fraction of sp³-hybridized carbons (Fsp3) is 1.00. The molecular formula is C10H19F3N2O. The van der Waals surface area contributed by atoms with Crippen molar-refractivity contribution in [3.8, 4) is 0 Å². The second-order valence-electron chi connectivity index (χ2n) is 4.14. The van der Waals surface area contributed by atoms with E-state index in [0.29, 0.717) is 13.1 Å². The van der Waals surface area contributed by atoms with Gasteiger partial charge in [-0.25, -0.2) is 0 Å². The van der Waals surface area contributed by atoms with Gasteiger partial charge in [-0.15, -0.1) is 0 Å². The zero-order valence-electron chi connectivity index (χ0n) is 9.68. The zero-order valence-corrected chi connectivity index (χ0v) is 9.68. The zero-order chi connectivity index (χ0) is 12.2. The summed E-state index contributed by atoms with van der Waals surface area (Å²) in [6.45, 7) is 2.48. The molecule has 2 unspecified atom stereocenters. The number of ether oxygens (including phenoxy) is 1. The van der Waals surface area contributed by atoms with Gasteiger partial charge in [0, 0.05) is 26.2 Å². The molecule has 3 nitrogen and oxygen atoms in total. The van der Waals surface area contributed by atoms with Crippen LogP contribution in [0, 0.1) is 0 Å². The lowest BCUT2D eigenvalue weighted by atomic mass is 10.2. The first kappa shape index (κ1) is 13.7. The number of halogens is 3. The van der Waals surface area contributed by atoms with E-state index in [1.54, 1.807) is 14.0 Å². The lowest BCUT2D eigenvalue weighted by molar-refractivity contribution is -0.146. The van der Waals surface area contributed by atoms with Crippen molar-refractivity contribution in [1.82, 2.24) is 10.2 Å². The number of alkyl halides is 3. The molecule has 16 heavy (non-hydrogen) atoms. The Kier molecular flexibility index (Phi) is 5.01. The third-order valence-electron chi connectivity index (χ3n) is 2.84. The van der Waals surface area contributed by atoms with E-state index >= 15 is 0 Å². The SMILES string of the molecule is CCN(CC1CC(OC)CN1)CC(F)(F)F. The van der Waals surface area contributed by atoms with Crippen molar-refractivity contribution >= 4 is 0 Å². The van der Waals surface area contributed by atoms with E-state index < -0.39 is 12.7 Å².